The van der Waals surface area contributed by atoms with E-state index < -0.39 is 5.54 Å². The Bertz CT molecular complexity index is 1340. The first kappa shape index (κ1) is 23.7. The van der Waals surface area contributed by atoms with E-state index in [1.54, 1.807) is 42.7 Å². The van der Waals surface area contributed by atoms with Gasteiger partial charge in [0.1, 0.15) is 5.69 Å². The number of anilines is 2. The lowest BCUT2D eigenvalue weighted by Crippen LogP contribution is -2.43. The van der Waals surface area contributed by atoms with Crippen molar-refractivity contribution >= 4 is 29.4 Å². The number of aryl methyl sites for hydroxylation is 1. The highest BCUT2D eigenvalue weighted by molar-refractivity contribution is 6.12. The molecule has 1 saturated heterocycles. The van der Waals surface area contributed by atoms with Crippen molar-refractivity contribution in [3.05, 3.63) is 71.6 Å². The third-order valence-electron chi connectivity index (χ3n) is 7.14. The summed E-state index contributed by atoms with van der Waals surface area (Å²) in [6.07, 6.45) is 10.2. The second-order valence-electron chi connectivity index (χ2n) is 9.92. The molecule has 0 atom stereocenters. The van der Waals surface area contributed by atoms with Crippen LogP contribution < -0.4 is 10.2 Å². The second-order valence-corrected chi connectivity index (χ2v) is 9.92. The van der Waals surface area contributed by atoms with Gasteiger partial charge in [-0.25, -0.2) is 4.98 Å². The molecule has 4 heterocycles. The molecule has 0 bridgehead atoms. The van der Waals surface area contributed by atoms with Gasteiger partial charge < -0.3 is 14.8 Å². The number of carbonyl (C=O) groups is 2. The SMILES string of the molecule is CN=Cc1ccc2c(c1)C(C)(C)N(c1cncc(NC3CCN(C(=O)c4cncn4C)CC3)c1)C2=O. The summed E-state index contributed by atoms with van der Waals surface area (Å²) < 4.78 is 1.75. The zero-order valence-electron chi connectivity index (χ0n) is 21.1. The molecular weight excluding hydrogens is 454 g/mol. The molecule has 5 rings (SSSR count). The number of nitrogens with zero attached hydrogens (tertiary/aromatic N) is 6. The van der Waals surface area contributed by atoms with Crippen molar-refractivity contribution in [2.24, 2.45) is 12.0 Å². The first-order chi connectivity index (χ1) is 17.3. The number of hydrogen-bond donors (Lipinski definition) is 1. The summed E-state index contributed by atoms with van der Waals surface area (Å²) in [5.74, 6) is -0.0178. The molecule has 2 amide bonds. The molecule has 1 N–H and O–H groups in total. The standard InChI is InChI=1S/C27H31N7O2/c1-27(2)23-11-18(13-28-3)5-6-22(23)25(35)34(27)21-12-20(14-29-15-21)31-19-7-9-33(10-8-19)26(36)24-16-30-17-32(24)4/h5-6,11-17,19,31H,7-10H2,1-4H3. The van der Waals surface area contributed by atoms with Crippen molar-refractivity contribution in [1.82, 2.24) is 19.4 Å². The van der Waals surface area contributed by atoms with Gasteiger partial charge in [0.25, 0.3) is 11.8 Å². The van der Waals surface area contributed by atoms with E-state index in [2.05, 4.69) is 34.1 Å². The molecule has 186 valence electrons. The number of carbonyl (C=O) groups excluding carboxylic acids is 2. The molecule has 2 aliphatic rings. The minimum atomic E-state index is -0.526. The maximum absolute atomic E-state index is 13.4. The second kappa shape index (κ2) is 9.22. The van der Waals surface area contributed by atoms with E-state index in [9.17, 15) is 9.59 Å². The van der Waals surface area contributed by atoms with Gasteiger partial charge in [0.2, 0.25) is 0 Å². The van der Waals surface area contributed by atoms with Crippen LogP contribution in [-0.4, -0.2) is 63.6 Å². The molecule has 0 unspecified atom stereocenters. The first-order valence-corrected chi connectivity index (χ1v) is 12.2. The third kappa shape index (κ3) is 4.14. The normalized spacial score (nSPS) is 17.6. The quantitative estimate of drug-likeness (QED) is 0.559. The van der Waals surface area contributed by atoms with Crippen molar-refractivity contribution in [2.75, 3.05) is 30.4 Å². The molecule has 36 heavy (non-hydrogen) atoms. The number of fused-ring (bicyclic) bond motifs is 1. The van der Waals surface area contributed by atoms with Crippen LogP contribution in [-0.2, 0) is 12.6 Å². The Balaban J connectivity index is 1.29. The van der Waals surface area contributed by atoms with Crippen molar-refractivity contribution in [3.63, 3.8) is 0 Å². The van der Waals surface area contributed by atoms with E-state index in [-0.39, 0.29) is 17.9 Å². The molecule has 3 aromatic rings. The van der Waals surface area contributed by atoms with Gasteiger partial charge in [-0.15, -0.1) is 0 Å². The summed E-state index contributed by atoms with van der Waals surface area (Å²) in [4.78, 5) is 42.5. The Morgan fingerprint density at radius 3 is 2.61 bits per heavy atom. The van der Waals surface area contributed by atoms with Crippen LogP contribution in [0.15, 0.2) is 54.2 Å². The van der Waals surface area contributed by atoms with E-state index in [1.165, 1.54) is 0 Å². The molecule has 9 nitrogen and oxygen atoms in total. The van der Waals surface area contributed by atoms with Gasteiger partial charge >= 0.3 is 0 Å². The first-order valence-electron chi connectivity index (χ1n) is 12.2. The molecule has 2 aromatic heterocycles. The summed E-state index contributed by atoms with van der Waals surface area (Å²) in [6, 6.07) is 8.04. The zero-order chi connectivity index (χ0) is 25.4. The van der Waals surface area contributed by atoms with Crippen LogP contribution in [0.25, 0.3) is 0 Å². The molecule has 0 saturated carbocycles. The number of pyridine rings is 1. The average molecular weight is 486 g/mol. The Morgan fingerprint density at radius 1 is 1.14 bits per heavy atom. The largest absolute Gasteiger partial charge is 0.381 e. The average Bonchev–Trinajstić information content (AvgIpc) is 3.37. The van der Waals surface area contributed by atoms with Crippen molar-refractivity contribution < 1.29 is 9.59 Å². The van der Waals surface area contributed by atoms with Crippen LogP contribution >= 0.6 is 0 Å². The number of amides is 2. The summed E-state index contributed by atoms with van der Waals surface area (Å²) in [5.41, 5.74) is 4.35. The molecular formula is C27H31N7O2. The van der Waals surface area contributed by atoms with Crippen LogP contribution in [0.1, 0.15) is 58.7 Å². The molecule has 1 aromatic carbocycles. The number of imidazole rings is 1. The fourth-order valence-electron chi connectivity index (χ4n) is 5.24. The van der Waals surface area contributed by atoms with Gasteiger partial charge in [0.05, 0.1) is 41.8 Å². The topological polar surface area (TPSA) is 95.7 Å². The Labute approximate surface area is 210 Å². The number of benzene rings is 1. The van der Waals surface area contributed by atoms with Crippen LogP contribution in [0.5, 0.6) is 0 Å². The minimum absolute atomic E-state index is 0.0137. The van der Waals surface area contributed by atoms with Gasteiger partial charge in [-0.1, -0.05) is 6.07 Å². The predicted molar refractivity (Wildman–Crippen MR) is 140 cm³/mol. The van der Waals surface area contributed by atoms with Crippen LogP contribution in [0, 0.1) is 0 Å². The Morgan fingerprint density at radius 2 is 1.92 bits per heavy atom. The molecule has 2 aliphatic heterocycles. The van der Waals surface area contributed by atoms with E-state index in [1.807, 2.05) is 41.1 Å². The minimum Gasteiger partial charge on any atom is -0.381 e. The fourth-order valence-corrected chi connectivity index (χ4v) is 5.24. The van der Waals surface area contributed by atoms with Gasteiger partial charge in [-0.05, 0) is 56.0 Å². The van der Waals surface area contributed by atoms with Crippen molar-refractivity contribution in [2.45, 2.75) is 38.3 Å². The van der Waals surface area contributed by atoms with Crippen molar-refractivity contribution in [1.29, 1.82) is 0 Å². The maximum Gasteiger partial charge on any atom is 0.272 e. The summed E-state index contributed by atoms with van der Waals surface area (Å²) in [6.45, 7) is 5.45. The van der Waals surface area contributed by atoms with Gasteiger partial charge in [0, 0.05) is 45.0 Å². The molecule has 0 radical (unpaired) electrons. The van der Waals surface area contributed by atoms with E-state index in [0.29, 0.717) is 24.3 Å². The number of piperidine rings is 1. The highest BCUT2D eigenvalue weighted by atomic mass is 16.2. The Hall–Kier alpha value is -4.01. The highest BCUT2D eigenvalue weighted by Crippen LogP contribution is 2.42. The van der Waals surface area contributed by atoms with E-state index in [0.717, 1.165) is 35.3 Å². The number of rotatable bonds is 5. The molecule has 1 fully saturated rings. The molecule has 0 aliphatic carbocycles. The fraction of sp³-hybridized carbons (Fsp3) is 0.370. The summed E-state index contributed by atoms with van der Waals surface area (Å²) in [7, 11) is 3.57. The van der Waals surface area contributed by atoms with E-state index >= 15 is 0 Å². The summed E-state index contributed by atoms with van der Waals surface area (Å²) >= 11 is 0. The van der Waals surface area contributed by atoms with Gasteiger partial charge in [-0.3, -0.25) is 24.5 Å². The number of likely N-dealkylation sites (tertiary alicyclic amines) is 1. The Kier molecular flexibility index (Phi) is 6.07. The smallest absolute Gasteiger partial charge is 0.272 e. The lowest BCUT2D eigenvalue weighted by Gasteiger charge is -2.34. The van der Waals surface area contributed by atoms with Crippen LogP contribution in [0.3, 0.4) is 0 Å². The summed E-state index contributed by atoms with van der Waals surface area (Å²) in [5, 5.41) is 3.57. The number of nitrogens with one attached hydrogen (secondary N) is 1. The number of hydrogen-bond acceptors (Lipinski definition) is 6. The highest BCUT2D eigenvalue weighted by Gasteiger charge is 2.44. The third-order valence-corrected chi connectivity index (χ3v) is 7.14. The zero-order valence-corrected chi connectivity index (χ0v) is 21.1. The maximum atomic E-state index is 13.4. The van der Waals surface area contributed by atoms with Crippen LogP contribution in [0.4, 0.5) is 11.4 Å². The monoisotopic (exact) mass is 485 g/mol. The number of aliphatic imine (C=N–C) groups is 1. The van der Waals surface area contributed by atoms with E-state index in [4.69, 9.17) is 0 Å². The van der Waals surface area contributed by atoms with Crippen LogP contribution in [0.2, 0.25) is 0 Å². The predicted octanol–water partition coefficient (Wildman–Crippen LogP) is 3.48. The van der Waals surface area contributed by atoms with Gasteiger partial charge in [-0.2, -0.15) is 0 Å². The molecule has 0 spiro atoms. The lowest BCUT2D eigenvalue weighted by molar-refractivity contribution is 0.0708. The molecule has 9 heteroatoms. The van der Waals surface area contributed by atoms with Crippen molar-refractivity contribution in [3.8, 4) is 0 Å². The number of aromatic nitrogens is 3. The van der Waals surface area contributed by atoms with Gasteiger partial charge in [0.15, 0.2) is 0 Å². The lowest BCUT2D eigenvalue weighted by atomic mass is 9.92.